The number of carbonyl (C=O) groups is 2. The minimum Gasteiger partial charge on any atom is -0.496 e. The van der Waals surface area contributed by atoms with E-state index in [0.717, 1.165) is 27.8 Å². The molecule has 0 saturated carbocycles. The first kappa shape index (κ1) is 15.5. The Hall–Kier alpha value is -1.88. The van der Waals surface area contributed by atoms with Crippen LogP contribution in [0.15, 0.2) is 18.2 Å². The third-order valence-electron chi connectivity index (χ3n) is 3.49. The summed E-state index contributed by atoms with van der Waals surface area (Å²) in [6, 6.07) is 5.79. The molecule has 21 heavy (non-hydrogen) atoms. The first-order chi connectivity index (χ1) is 9.96. The summed E-state index contributed by atoms with van der Waals surface area (Å²) < 4.78 is 6.38. The Morgan fingerprint density at radius 3 is 2.62 bits per heavy atom. The summed E-state index contributed by atoms with van der Waals surface area (Å²) in [5.41, 5.74) is 1.10. The van der Waals surface area contributed by atoms with Crippen LogP contribution in [-0.4, -0.2) is 24.0 Å². The molecule has 0 spiro atoms. The van der Waals surface area contributed by atoms with Crippen molar-refractivity contribution in [3.05, 3.63) is 28.6 Å². The standard InChI is InChI=1S/C16H18O4S/c1-4-10-7-14-11(6-13(10)20-3)8-15(21-14)12(17)5-9(2)16(18)19/h6-9H,4-5H2,1-3H3,(H,18,19)/t9-/m0/s1. The van der Waals surface area contributed by atoms with Crippen LogP contribution in [0.25, 0.3) is 10.1 Å². The molecule has 1 aromatic heterocycles. The molecule has 112 valence electrons. The number of Topliss-reactive ketones (excluding diaryl/α,β-unsaturated/α-hetero) is 1. The van der Waals surface area contributed by atoms with Gasteiger partial charge in [0.2, 0.25) is 0 Å². The third kappa shape index (κ3) is 3.24. The average molecular weight is 306 g/mol. The second kappa shape index (κ2) is 6.26. The fourth-order valence-corrected chi connectivity index (χ4v) is 3.23. The predicted octanol–water partition coefficient (Wildman–Crippen LogP) is 3.77. The lowest BCUT2D eigenvalue weighted by atomic mass is 10.0. The van der Waals surface area contributed by atoms with E-state index < -0.39 is 11.9 Å². The summed E-state index contributed by atoms with van der Waals surface area (Å²) in [6.07, 6.45) is 0.885. The van der Waals surface area contributed by atoms with Crippen LogP contribution in [0.3, 0.4) is 0 Å². The van der Waals surface area contributed by atoms with Crippen LogP contribution in [0.5, 0.6) is 5.75 Å². The Morgan fingerprint density at radius 1 is 1.33 bits per heavy atom. The van der Waals surface area contributed by atoms with Crippen molar-refractivity contribution in [3.63, 3.8) is 0 Å². The van der Waals surface area contributed by atoms with E-state index in [9.17, 15) is 9.59 Å². The molecule has 0 bridgehead atoms. The quantitative estimate of drug-likeness (QED) is 0.825. The molecule has 2 rings (SSSR count). The van der Waals surface area contributed by atoms with Gasteiger partial charge in [0, 0.05) is 11.1 Å². The highest BCUT2D eigenvalue weighted by Gasteiger charge is 2.19. The molecule has 0 radical (unpaired) electrons. The summed E-state index contributed by atoms with van der Waals surface area (Å²) in [5.74, 6) is -0.910. The van der Waals surface area contributed by atoms with Gasteiger partial charge in [-0.3, -0.25) is 9.59 Å². The van der Waals surface area contributed by atoms with E-state index >= 15 is 0 Å². The number of hydrogen-bond donors (Lipinski definition) is 1. The van der Waals surface area contributed by atoms with Gasteiger partial charge < -0.3 is 9.84 Å². The van der Waals surface area contributed by atoms with Crippen molar-refractivity contribution in [3.8, 4) is 5.75 Å². The molecule has 4 nitrogen and oxygen atoms in total. The molecule has 2 aromatic rings. The zero-order valence-electron chi connectivity index (χ0n) is 12.3. The van der Waals surface area contributed by atoms with Crippen LogP contribution in [-0.2, 0) is 11.2 Å². The monoisotopic (exact) mass is 306 g/mol. The Morgan fingerprint density at radius 2 is 2.05 bits per heavy atom. The van der Waals surface area contributed by atoms with Crippen LogP contribution in [0.4, 0.5) is 0 Å². The van der Waals surface area contributed by atoms with Crippen molar-refractivity contribution in [2.24, 2.45) is 5.92 Å². The predicted molar refractivity (Wildman–Crippen MR) is 83.5 cm³/mol. The number of carbonyl (C=O) groups excluding carboxylic acids is 1. The molecule has 5 heteroatoms. The number of ketones is 1. The summed E-state index contributed by atoms with van der Waals surface area (Å²) in [4.78, 5) is 23.6. The number of carboxylic acid groups (broad SMARTS) is 1. The summed E-state index contributed by atoms with van der Waals surface area (Å²) in [6.45, 7) is 3.60. The van der Waals surface area contributed by atoms with Crippen LogP contribution in [0.2, 0.25) is 0 Å². The van der Waals surface area contributed by atoms with Gasteiger partial charge in [0.15, 0.2) is 5.78 Å². The van der Waals surface area contributed by atoms with Gasteiger partial charge in [-0.05, 0) is 35.6 Å². The van der Waals surface area contributed by atoms with Gasteiger partial charge in [0.1, 0.15) is 5.75 Å². The lowest BCUT2D eigenvalue weighted by molar-refractivity contribution is -0.141. The number of methoxy groups -OCH3 is 1. The molecule has 0 aliphatic carbocycles. The first-order valence-corrected chi connectivity index (χ1v) is 7.64. The minimum atomic E-state index is -0.945. The summed E-state index contributed by atoms with van der Waals surface area (Å²) >= 11 is 1.41. The van der Waals surface area contributed by atoms with E-state index in [0.29, 0.717) is 4.88 Å². The number of ether oxygens (including phenoxy) is 1. The van der Waals surface area contributed by atoms with Gasteiger partial charge in [-0.2, -0.15) is 0 Å². The number of rotatable bonds is 6. The van der Waals surface area contributed by atoms with Crippen LogP contribution < -0.4 is 4.74 Å². The van der Waals surface area contributed by atoms with Crippen molar-refractivity contribution in [2.75, 3.05) is 7.11 Å². The third-order valence-corrected chi connectivity index (χ3v) is 4.63. The Kier molecular flexibility index (Phi) is 4.63. The zero-order valence-corrected chi connectivity index (χ0v) is 13.1. The van der Waals surface area contributed by atoms with Gasteiger partial charge in [-0.25, -0.2) is 0 Å². The summed E-state index contributed by atoms with van der Waals surface area (Å²) in [7, 11) is 1.63. The fourth-order valence-electron chi connectivity index (χ4n) is 2.18. The molecule has 0 aliphatic heterocycles. The van der Waals surface area contributed by atoms with Crippen molar-refractivity contribution in [1.82, 2.24) is 0 Å². The van der Waals surface area contributed by atoms with Crippen molar-refractivity contribution in [2.45, 2.75) is 26.7 Å². The molecule has 1 atom stereocenters. The second-order valence-electron chi connectivity index (χ2n) is 5.03. The Bertz CT molecular complexity index is 646. The number of carboxylic acids is 1. The minimum absolute atomic E-state index is 0.0277. The number of fused-ring (bicyclic) bond motifs is 1. The number of aliphatic carboxylic acids is 1. The number of thiophene rings is 1. The van der Waals surface area contributed by atoms with Crippen molar-refractivity contribution < 1.29 is 19.4 Å². The topological polar surface area (TPSA) is 63.6 Å². The number of benzene rings is 1. The van der Waals surface area contributed by atoms with Crippen LogP contribution in [0.1, 0.15) is 35.5 Å². The van der Waals surface area contributed by atoms with Crippen LogP contribution in [0, 0.1) is 5.92 Å². The molecular formula is C16H18O4S. The van der Waals surface area contributed by atoms with Gasteiger partial charge >= 0.3 is 5.97 Å². The molecule has 1 heterocycles. The summed E-state index contributed by atoms with van der Waals surface area (Å²) in [5, 5.41) is 9.85. The SMILES string of the molecule is CCc1cc2sc(C(=O)C[C@H](C)C(=O)O)cc2cc1OC. The molecule has 1 aromatic carbocycles. The first-order valence-electron chi connectivity index (χ1n) is 6.82. The van der Waals surface area contributed by atoms with E-state index in [1.807, 2.05) is 18.2 Å². The zero-order chi connectivity index (χ0) is 15.6. The maximum Gasteiger partial charge on any atom is 0.306 e. The molecule has 0 aliphatic rings. The molecule has 0 fully saturated rings. The van der Waals surface area contributed by atoms with E-state index in [1.54, 1.807) is 14.0 Å². The van der Waals surface area contributed by atoms with Gasteiger partial charge in [-0.1, -0.05) is 13.8 Å². The lowest BCUT2D eigenvalue weighted by Gasteiger charge is -2.05. The van der Waals surface area contributed by atoms with Crippen molar-refractivity contribution >= 4 is 33.2 Å². The van der Waals surface area contributed by atoms with E-state index in [4.69, 9.17) is 9.84 Å². The fraction of sp³-hybridized carbons (Fsp3) is 0.375. The molecule has 0 amide bonds. The Balaban J connectivity index is 2.34. The largest absolute Gasteiger partial charge is 0.496 e. The average Bonchev–Trinajstić information content (AvgIpc) is 2.88. The van der Waals surface area contributed by atoms with E-state index in [2.05, 4.69) is 6.92 Å². The van der Waals surface area contributed by atoms with E-state index in [-0.39, 0.29) is 12.2 Å². The maximum atomic E-state index is 12.2. The molecule has 1 N–H and O–H groups in total. The molecular weight excluding hydrogens is 288 g/mol. The van der Waals surface area contributed by atoms with Crippen LogP contribution >= 0.6 is 11.3 Å². The Labute approximate surface area is 127 Å². The normalized spacial score (nSPS) is 12.3. The van der Waals surface area contributed by atoms with Gasteiger partial charge in [-0.15, -0.1) is 11.3 Å². The highest BCUT2D eigenvalue weighted by Crippen LogP contribution is 2.33. The smallest absolute Gasteiger partial charge is 0.306 e. The highest BCUT2D eigenvalue weighted by molar-refractivity contribution is 7.20. The van der Waals surface area contributed by atoms with Gasteiger partial charge in [0.05, 0.1) is 17.9 Å². The molecule has 0 unspecified atom stereocenters. The second-order valence-corrected chi connectivity index (χ2v) is 6.12. The number of hydrogen-bond acceptors (Lipinski definition) is 4. The van der Waals surface area contributed by atoms with E-state index in [1.165, 1.54) is 11.3 Å². The van der Waals surface area contributed by atoms with Crippen molar-refractivity contribution in [1.29, 1.82) is 0 Å². The maximum absolute atomic E-state index is 12.2. The highest BCUT2D eigenvalue weighted by atomic mass is 32.1. The number of aryl methyl sites for hydroxylation is 1. The lowest BCUT2D eigenvalue weighted by Crippen LogP contribution is -2.13. The van der Waals surface area contributed by atoms with Gasteiger partial charge in [0.25, 0.3) is 0 Å². The molecule has 0 saturated heterocycles.